The number of rotatable bonds is 5. The van der Waals surface area contributed by atoms with Crippen LogP contribution in [-0.2, 0) is 4.79 Å². The monoisotopic (exact) mass is 302 g/mol. The van der Waals surface area contributed by atoms with Crippen LogP contribution in [0.5, 0.6) is 5.75 Å². The van der Waals surface area contributed by atoms with Crippen molar-refractivity contribution in [1.29, 1.82) is 0 Å². The summed E-state index contributed by atoms with van der Waals surface area (Å²) in [5, 5.41) is 2.65. The van der Waals surface area contributed by atoms with E-state index in [-0.39, 0.29) is 11.7 Å². The predicted octanol–water partition coefficient (Wildman–Crippen LogP) is 2.33. The quantitative estimate of drug-likeness (QED) is 0.889. The summed E-state index contributed by atoms with van der Waals surface area (Å²) in [5.41, 5.74) is 6.01. The van der Waals surface area contributed by atoms with Crippen LogP contribution in [0.3, 0.4) is 0 Å². The second kappa shape index (κ2) is 6.71. The average molecular weight is 302 g/mol. The molecule has 0 radical (unpaired) electrons. The molecule has 0 saturated carbocycles. The van der Waals surface area contributed by atoms with E-state index < -0.39 is 12.0 Å². The molecule has 2 aromatic carbocycles. The van der Waals surface area contributed by atoms with Crippen LogP contribution in [0.1, 0.15) is 17.3 Å². The molecular weight excluding hydrogens is 287 g/mol. The van der Waals surface area contributed by atoms with E-state index in [1.165, 1.54) is 36.4 Å². The number of nitrogens with two attached hydrogens (primary N) is 1. The van der Waals surface area contributed by atoms with Crippen molar-refractivity contribution in [2.75, 3.05) is 5.32 Å². The number of primary amides is 1. The first-order valence-corrected chi connectivity index (χ1v) is 6.58. The van der Waals surface area contributed by atoms with E-state index in [1.54, 1.807) is 19.1 Å². The highest BCUT2D eigenvalue weighted by molar-refractivity contribution is 5.96. The Morgan fingerprint density at radius 3 is 2.23 bits per heavy atom. The third-order valence-corrected chi connectivity index (χ3v) is 2.93. The summed E-state index contributed by atoms with van der Waals surface area (Å²) >= 11 is 0. The van der Waals surface area contributed by atoms with E-state index in [0.717, 1.165) is 0 Å². The molecule has 0 fully saturated rings. The molecule has 0 unspecified atom stereocenters. The standard InChI is InChI=1S/C16H15FN2O3/c1-10(22-14-8-4-12(17)5-9-14)16(21)19-13-6-2-11(3-7-13)15(18)20/h2-10H,1H3,(H2,18,20)(H,19,21)/t10-/m0/s1. The van der Waals surface area contributed by atoms with Gasteiger partial charge in [-0.15, -0.1) is 0 Å². The van der Waals surface area contributed by atoms with Crippen LogP contribution in [0, 0.1) is 5.82 Å². The summed E-state index contributed by atoms with van der Waals surface area (Å²) < 4.78 is 18.2. The van der Waals surface area contributed by atoms with Crippen LogP contribution in [0.4, 0.5) is 10.1 Å². The first kappa shape index (κ1) is 15.5. The van der Waals surface area contributed by atoms with Gasteiger partial charge in [0.1, 0.15) is 11.6 Å². The number of carbonyl (C=O) groups is 2. The Balaban J connectivity index is 1.95. The molecule has 0 heterocycles. The molecule has 0 aliphatic rings. The highest BCUT2D eigenvalue weighted by Crippen LogP contribution is 2.14. The number of carbonyl (C=O) groups excluding carboxylic acids is 2. The lowest BCUT2D eigenvalue weighted by Gasteiger charge is -2.14. The number of halogens is 1. The van der Waals surface area contributed by atoms with Gasteiger partial charge in [0, 0.05) is 11.3 Å². The van der Waals surface area contributed by atoms with Gasteiger partial charge >= 0.3 is 0 Å². The third kappa shape index (κ3) is 4.05. The minimum Gasteiger partial charge on any atom is -0.481 e. The van der Waals surface area contributed by atoms with Crippen molar-refractivity contribution in [2.24, 2.45) is 5.73 Å². The summed E-state index contributed by atoms with van der Waals surface area (Å²) in [6.45, 7) is 1.58. The zero-order valence-electron chi connectivity index (χ0n) is 11.9. The van der Waals surface area contributed by atoms with Gasteiger partial charge in [-0.25, -0.2) is 4.39 Å². The number of nitrogens with one attached hydrogen (secondary N) is 1. The van der Waals surface area contributed by atoms with Crippen molar-refractivity contribution in [2.45, 2.75) is 13.0 Å². The fourth-order valence-electron chi connectivity index (χ4n) is 1.73. The van der Waals surface area contributed by atoms with Gasteiger partial charge in [0.15, 0.2) is 6.10 Å². The van der Waals surface area contributed by atoms with Gasteiger partial charge in [-0.2, -0.15) is 0 Å². The Labute approximate surface area is 126 Å². The maximum Gasteiger partial charge on any atom is 0.265 e. The van der Waals surface area contributed by atoms with Crippen LogP contribution < -0.4 is 15.8 Å². The maximum absolute atomic E-state index is 12.8. The molecule has 2 aromatic rings. The second-order valence-corrected chi connectivity index (χ2v) is 4.64. The Bertz CT molecular complexity index is 669. The van der Waals surface area contributed by atoms with Crippen molar-refractivity contribution in [1.82, 2.24) is 0 Å². The van der Waals surface area contributed by atoms with Crippen LogP contribution in [0.2, 0.25) is 0 Å². The lowest BCUT2D eigenvalue weighted by atomic mass is 10.2. The largest absolute Gasteiger partial charge is 0.481 e. The summed E-state index contributed by atoms with van der Waals surface area (Å²) in [6.07, 6.45) is -0.763. The van der Waals surface area contributed by atoms with Gasteiger partial charge < -0.3 is 15.8 Å². The Morgan fingerprint density at radius 1 is 1.09 bits per heavy atom. The number of hydrogen-bond acceptors (Lipinski definition) is 3. The molecule has 0 bridgehead atoms. The van der Waals surface area contributed by atoms with Crippen molar-refractivity contribution < 1.29 is 18.7 Å². The van der Waals surface area contributed by atoms with Crippen LogP contribution >= 0.6 is 0 Å². The average Bonchev–Trinajstić information content (AvgIpc) is 2.50. The number of anilines is 1. The minimum atomic E-state index is -0.763. The molecule has 1 atom stereocenters. The molecule has 114 valence electrons. The van der Waals surface area contributed by atoms with Crippen molar-refractivity contribution in [3.05, 3.63) is 59.9 Å². The molecule has 2 rings (SSSR count). The van der Waals surface area contributed by atoms with Gasteiger partial charge in [-0.3, -0.25) is 9.59 Å². The van der Waals surface area contributed by atoms with Gasteiger partial charge in [-0.05, 0) is 55.5 Å². The van der Waals surface area contributed by atoms with Gasteiger partial charge in [0.25, 0.3) is 5.91 Å². The van der Waals surface area contributed by atoms with E-state index in [1.807, 2.05) is 0 Å². The SMILES string of the molecule is C[C@H](Oc1ccc(F)cc1)C(=O)Nc1ccc(C(N)=O)cc1. The molecule has 0 aliphatic heterocycles. The number of hydrogen-bond donors (Lipinski definition) is 2. The topological polar surface area (TPSA) is 81.4 Å². The smallest absolute Gasteiger partial charge is 0.265 e. The predicted molar refractivity (Wildman–Crippen MR) is 80.1 cm³/mol. The highest BCUT2D eigenvalue weighted by atomic mass is 19.1. The molecule has 6 heteroatoms. The first-order chi connectivity index (χ1) is 10.5. The van der Waals surface area contributed by atoms with Crippen molar-refractivity contribution in [3.63, 3.8) is 0 Å². The minimum absolute atomic E-state index is 0.355. The molecule has 0 spiro atoms. The van der Waals surface area contributed by atoms with Crippen LogP contribution in [0.15, 0.2) is 48.5 Å². The number of benzene rings is 2. The lowest BCUT2D eigenvalue weighted by molar-refractivity contribution is -0.122. The van der Waals surface area contributed by atoms with Crippen molar-refractivity contribution in [3.8, 4) is 5.75 Å². The number of ether oxygens (including phenoxy) is 1. The molecule has 0 aromatic heterocycles. The summed E-state index contributed by atoms with van der Waals surface area (Å²) in [4.78, 5) is 23.0. The second-order valence-electron chi connectivity index (χ2n) is 4.64. The number of amides is 2. The van der Waals surface area contributed by atoms with Gasteiger partial charge in [-0.1, -0.05) is 0 Å². The van der Waals surface area contributed by atoms with E-state index in [9.17, 15) is 14.0 Å². The van der Waals surface area contributed by atoms with E-state index in [4.69, 9.17) is 10.5 Å². The fourth-order valence-corrected chi connectivity index (χ4v) is 1.73. The summed E-state index contributed by atoms with van der Waals surface area (Å²) in [6, 6.07) is 11.6. The molecule has 22 heavy (non-hydrogen) atoms. The Hall–Kier alpha value is -2.89. The summed E-state index contributed by atoms with van der Waals surface area (Å²) in [7, 11) is 0. The molecule has 0 aliphatic carbocycles. The summed E-state index contributed by atoms with van der Waals surface area (Å²) in [5.74, 6) is -0.880. The lowest BCUT2D eigenvalue weighted by Crippen LogP contribution is -2.30. The highest BCUT2D eigenvalue weighted by Gasteiger charge is 2.15. The third-order valence-electron chi connectivity index (χ3n) is 2.93. The van der Waals surface area contributed by atoms with Crippen LogP contribution in [-0.4, -0.2) is 17.9 Å². The van der Waals surface area contributed by atoms with Crippen LogP contribution in [0.25, 0.3) is 0 Å². The Kier molecular flexibility index (Phi) is 4.73. The maximum atomic E-state index is 12.8. The van der Waals surface area contributed by atoms with Gasteiger partial charge in [0.2, 0.25) is 5.91 Å². The first-order valence-electron chi connectivity index (χ1n) is 6.58. The molecular formula is C16H15FN2O3. The van der Waals surface area contributed by atoms with E-state index in [2.05, 4.69) is 5.32 Å². The van der Waals surface area contributed by atoms with E-state index >= 15 is 0 Å². The normalized spacial score (nSPS) is 11.5. The fraction of sp³-hybridized carbons (Fsp3) is 0.125. The van der Waals surface area contributed by atoms with E-state index in [0.29, 0.717) is 17.0 Å². The molecule has 5 nitrogen and oxygen atoms in total. The van der Waals surface area contributed by atoms with Crippen molar-refractivity contribution >= 4 is 17.5 Å². The Morgan fingerprint density at radius 2 is 1.68 bits per heavy atom. The molecule has 0 saturated heterocycles. The zero-order chi connectivity index (χ0) is 16.1. The zero-order valence-corrected chi connectivity index (χ0v) is 11.9. The van der Waals surface area contributed by atoms with Gasteiger partial charge in [0.05, 0.1) is 0 Å². The molecule has 2 amide bonds. The molecule has 3 N–H and O–H groups in total.